The first kappa shape index (κ1) is 30.8. The van der Waals surface area contributed by atoms with Crippen LogP contribution in [-0.2, 0) is 47.6 Å². The molecule has 1 aliphatic heterocycles. The Morgan fingerprint density at radius 2 is 1.51 bits per heavy atom. The summed E-state index contributed by atoms with van der Waals surface area (Å²) in [5.41, 5.74) is 0. The van der Waals surface area contributed by atoms with Crippen LogP contribution in [0.4, 0.5) is 0 Å². The molecule has 11 heteroatoms. The Labute approximate surface area is 207 Å². The van der Waals surface area contributed by atoms with Crippen molar-refractivity contribution >= 4 is 23.8 Å². The molecule has 0 radical (unpaired) electrons. The molecule has 1 N–H and O–H groups in total. The second kappa shape index (κ2) is 17.2. The molecule has 1 aliphatic rings. The number of carbonyl (C=O) groups excluding carboxylic acids is 4. The normalized spacial score (nSPS) is 23.9. The van der Waals surface area contributed by atoms with Crippen LogP contribution in [0.5, 0.6) is 0 Å². The number of carbonyl (C=O) groups is 4. The van der Waals surface area contributed by atoms with Crippen molar-refractivity contribution in [2.45, 2.75) is 103 Å². The van der Waals surface area contributed by atoms with Gasteiger partial charge in [-0.1, -0.05) is 45.4 Å². The van der Waals surface area contributed by atoms with Crippen molar-refractivity contribution < 1.29 is 47.6 Å². The number of amides is 1. The topological polar surface area (TPSA) is 136 Å². The molecular formula is C24H41NO10. The molecule has 1 amide bonds. The van der Waals surface area contributed by atoms with Gasteiger partial charge in [0.05, 0.1) is 7.11 Å². The van der Waals surface area contributed by atoms with Gasteiger partial charge in [-0.2, -0.15) is 0 Å². The monoisotopic (exact) mass is 503 g/mol. The second-order valence-electron chi connectivity index (χ2n) is 8.49. The summed E-state index contributed by atoms with van der Waals surface area (Å²) in [6.07, 6.45) is 3.59. The largest absolute Gasteiger partial charge is 0.467 e. The Balaban J connectivity index is 3.01. The minimum atomic E-state index is -1.09. The lowest BCUT2D eigenvalue weighted by Crippen LogP contribution is -2.66. The SMILES string of the molecule is CCCCCCCCCOC1OC(COC(C)=O)C(OC(C)=O)C(OCC(=O)OC)C1NC(C)=O. The van der Waals surface area contributed by atoms with Crippen molar-refractivity contribution in [1.82, 2.24) is 5.32 Å². The standard InChI is InChI=1S/C24H41NO10/c1-6-7-8-9-10-11-12-13-31-24-21(25-16(2)26)23(33-15-20(29)30-5)22(34-18(4)28)19(35-24)14-32-17(3)27/h19,21-24H,6-15H2,1-5H3,(H,25,26). The van der Waals surface area contributed by atoms with E-state index in [2.05, 4.69) is 17.0 Å². The number of nitrogens with one attached hydrogen (secondary N) is 1. The van der Waals surface area contributed by atoms with Crippen molar-refractivity contribution in [2.75, 3.05) is 26.9 Å². The maximum Gasteiger partial charge on any atom is 0.331 e. The lowest BCUT2D eigenvalue weighted by atomic mass is 9.96. The van der Waals surface area contributed by atoms with Gasteiger partial charge in [-0.15, -0.1) is 0 Å². The van der Waals surface area contributed by atoms with Gasteiger partial charge in [0.15, 0.2) is 12.4 Å². The molecular weight excluding hydrogens is 462 g/mol. The Morgan fingerprint density at radius 1 is 0.857 bits per heavy atom. The molecule has 0 aromatic heterocycles. The zero-order valence-corrected chi connectivity index (χ0v) is 21.5. The van der Waals surface area contributed by atoms with E-state index >= 15 is 0 Å². The number of methoxy groups -OCH3 is 1. The number of rotatable bonds is 16. The molecule has 0 aromatic carbocycles. The summed E-state index contributed by atoms with van der Waals surface area (Å²) in [6.45, 7) is 5.59. The Kier molecular flexibility index (Phi) is 15.2. The van der Waals surface area contributed by atoms with Crippen molar-refractivity contribution in [3.8, 4) is 0 Å². The zero-order chi connectivity index (χ0) is 26.2. The average Bonchev–Trinajstić information content (AvgIpc) is 2.79. The van der Waals surface area contributed by atoms with Crippen LogP contribution in [0.25, 0.3) is 0 Å². The third-order valence-corrected chi connectivity index (χ3v) is 5.42. The number of unbranched alkanes of at least 4 members (excludes halogenated alkanes) is 6. The summed E-state index contributed by atoms with van der Waals surface area (Å²) in [6, 6.07) is -0.903. The third-order valence-electron chi connectivity index (χ3n) is 5.42. The first-order chi connectivity index (χ1) is 16.7. The van der Waals surface area contributed by atoms with E-state index in [0.717, 1.165) is 19.3 Å². The van der Waals surface area contributed by atoms with E-state index in [4.69, 9.17) is 23.7 Å². The first-order valence-electron chi connectivity index (χ1n) is 12.2. The van der Waals surface area contributed by atoms with E-state index in [-0.39, 0.29) is 6.61 Å². The van der Waals surface area contributed by atoms with E-state index in [1.54, 1.807) is 0 Å². The molecule has 0 bridgehead atoms. The van der Waals surface area contributed by atoms with Crippen LogP contribution in [0.2, 0.25) is 0 Å². The molecule has 5 unspecified atom stereocenters. The van der Waals surface area contributed by atoms with Gasteiger partial charge in [0.2, 0.25) is 5.91 Å². The van der Waals surface area contributed by atoms with Gasteiger partial charge < -0.3 is 33.7 Å². The fourth-order valence-electron chi connectivity index (χ4n) is 3.78. The highest BCUT2D eigenvalue weighted by Gasteiger charge is 2.50. The molecule has 0 spiro atoms. The minimum absolute atomic E-state index is 0.241. The predicted octanol–water partition coefficient (Wildman–Crippen LogP) is 2.04. The van der Waals surface area contributed by atoms with Gasteiger partial charge in [-0.05, 0) is 6.42 Å². The van der Waals surface area contributed by atoms with E-state index in [9.17, 15) is 19.2 Å². The fraction of sp³-hybridized carbons (Fsp3) is 0.833. The Morgan fingerprint density at radius 3 is 2.09 bits per heavy atom. The maximum atomic E-state index is 12.0. The van der Waals surface area contributed by atoms with Crippen LogP contribution in [-0.4, -0.2) is 81.4 Å². The van der Waals surface area contributed by atoms with Crippen LogP contribution < -0.4 is 5.32 Å². The summed E-state index contributed by atoms with van der Waals surface area (Å²) in [5, 5.41) is 2.72. The number of hydrogen-bond donors (Lipinski definition) is 1. The van der Waals surface area contributed by atoms with E-state index in [1.165, 1.54) is 53.6 Å². The summed E-state index contributed by atoms with van der Waals surface area (Å²) in [7, 11) is 1.21. The van der Waals surface area contributed by atoms with Crippen molar-refractivity contribution in [1.29, 1.82) is 0 Å². The highest BCUT2D eigenvalue weighted by Crippen LogP contribution is 2.28. The lowest BCUT2D eigenvalue weighted by molar-refractivity contribution is -0.281. The van der Waals surface area contributed by atoms with E-state index < -0.39 is 61.1 Å². The van der Waals surface area contributed by atoms with E-state index in [0.29, 0.717) is 6.61 Å². The molecule has 1 fully saturated rings. The highest BCUT2D eigenvalue weighted by atomic mass is 16.7. The summed E-state index contributed by atoms with van der Waals surface area (Å²) < 4.78 is 32.9. The minimum Gasteiger partial charge on any atom is -0.467 e. The van der Waals surface area contributed by atoms with Gasteiger partial charge in [0.25, 0.3) is 0 Å². The third kappa shape index (κ3) is 12.3. The van der Waals surface area contributed by atoms with Crippen LogP contribution in [0.1, 0.15) is 72.6 Å². The Bertz CT molecular complexity index is 671. The second-order valence-corrected chi connectivity index (χ2v) is 8.49. The van der Waals surface area contributed by atoms with E-state index in [1.807, 2.05) is 0 Å². The molecule has 0 aromatic rings. The highest BCUT2D eigenvalue weighted by molar-refractivity contribution is 5.73. The molecule has 1 saturated heterocycles. The predicted molar refractivity (Wildman–Crippen MR) is 124 cm³/mol. The molecule has 1 heterocycles. The molecule has 0 saturated carbocycles. The van der Waals surface area contributed by atoms with Crippen molar-refractivity contribution in [2.24, 2.45) is 0 Å². The van der Waals surface area contributed by atoms with Crippen molar-refractivity contribution in [3.05, 3.63) is 0 Å². The van der Waals surface area contributed by atoms with Gasteiger partial charge in [-0.3, -0.25) is 14.4 Å². The fourth-order valence-corrected chi connectivity index (χ4v) is 3.78. The summed E-state index contributed by atoms with van der Waals surface area (Å²) in [4.78, 5) is 47.0. The summed E-state index contributed by atoms with van der Waals surface area (Å²) in [5.74, 6) is -2.24. The van der Waals surface area contributed by atoms with Crippen LogP contribution in [0, 0.1) is 0 Å². The van der Waals surface area contributed by atoms with Gasteiger partial charge in [-0.25, -0.2) is 4.79 Å². The lowest BCUT2D eigenvalue weighted by Gasteiger charge is -2.45. The van der Waals surface area contributed by atoms with Crippen LogP contribution in [0.3, 0.4) is 0 Å². The van der Waals surface area contributed by atoms with Crippen LogP contribution in [0.15, 0.2) is 0 Å². The molecule has 11 nitrogen and oxygen atoms in total. The number of esters is 3. The molecule has 1 rings (SSSR count). The van der Waals surface area contributed by atoms with Gasteiger partial charge >= 0.3 is 17.9 Å². The maximum absolute atomic E-state index is 12.0. The summed E-state index contributed by atoms with van der Waals surface area (Å²) >= 11 is 0. The molecule has 202 valence electrons. The number of hydrogen-bond acceptors (Lipinski definition) is 10. The van der Waals surface area contributed by atoms with Gasteiger partial charge in [0.1, 0.15) is 31.5 Å². The van der Waals surface area contributed by atoms with Gasteiger partial charge in [0, 0.05) is 27.4 Å². The van der Waals surface area contributed by atoms with Crippen molar-refractivity contribution in [3.63, 3.8) is 0 Å². The quantitative estimate of drug-likeness (QED) is 0.189. The zero-order valence-electron chi connectivity index (χ0n) is 21.5. The smallest absolute Gasteiger partial charge is 0.331 e. The average molecular weight is 504 g/mol. The number of ether oxygens (including phenoxy) is 6. The first-order valence-corrected chi connectivity index (χ1v) is 12.2. The van der Waals surface area contributed by atoms with Crippen LogP contribution >= 0.6 is 0 Å². The molecule has 5 atom stereocenters. The molecule has 35 heavy (non-hydrogen) atoms. The molecule has 0 aliphatic carbocycles. The Hall–Kier alpha value is -2.24.